The molecule has 2 N–H and O–H groups in total. The van der Waals surface area contributed by atoms with Crippen molar-refractivity contribution in [3.63, 3.8) is 0 Å². The van der Waals surface area contributed by atoms with Crippen LogP contribution < -0.4 is 10.6 Å². The van der Waals surface area contributed by atoms with Crippen LogP contribution in [0.25, 0.3) is 0 Å². The fourth-order valence-electron chi connectivity index (χ4n) is 2.13. The minimum atomic E-state index is -0.112. The summed E-state index contributed by atoms with van der Waals surface area (Å²) in [5.41, 5.74) is 0.758. The molecule has 0 aromatic carbocycles. The van der Waals surface area contributed by atoms with Crippen LogP contribution in [0.3, 0.4) is 0 Å². The van der Waals surface area contributed by atoms with Crippen LogP contribution in [0.5, 0.6) is 0 Å². The summed E-state index contributed by atoms with van der Waals surface area (Å²) in [5, 5.41) is 18.3. The number of nitrogens with zero attached hydrogens (tertiary/aromatic N) is 3. The number of hydrogen-bond acceptors (Lipinski definition) is 7. The third-order valence-electron chi connectivity index (χ3n) is 3.27. The number of hydrogen-bond donors (Lipinski definition) is 2. The lowest BCUT2D eigenvalue weighted by atomic mass is 10.0. The van der Waals surface area contributed by atoms with Gasteiger partial charge in [-0.25, -0.2) is 4.98 Å². The molecule has 1 amide bonds. The van der Waals surface area contributed by atoms with Crippen molar-refractivity contribution in [2.45, 2.75) is 45.4 Å². The minimum Gasteiger partial charge on any atom is -0.365 e. The highest BCUT2D eigenvalue weighted by Crippen LogP contribution is 2.29. The number of carbonyl (C=O) groups excluding carboxylic acids is 1. The lowest BCUT2D eigenvalue weighted by molar-refractivity contribution is -0.115. The predicted molar refractivity (Wildman–Crippen MR) is 91.8 cm³/mol. The van der Waals surface area contributed by atoms with Crippen LogP contribution in [-0.4, -0.2) is 28.1 Å². The van der Waals surface area contributed by atoms with Crippen molar-refractivity contribution >= 4 is 38.8 Å². The number of thiazole rings is 1. The van der Waals surface area contributed by atoms with Gasteiger partial charge in [0, 0.05) is 18.3 Å². The molecule has 2 aromatic rings. The van der Waals surface area contributed by atoms with E-state index in [-0.39, 0.29) is 12.3 Å². The third kappa shape index (κ3) is 4.48. The Morgan fingerprint density at radius 2 is 2.14 bits per heavy atom. The first-order valence-electron chi connectivity index (χ1n) is 7.41. The molecule has 0 unspecified atom stereocenters. The first-order chi connectivity index (χ1) is 10.7. The Morgan fingerprint density at radius 1 is 1.32 bits per heavy atom. The van der Waals surface area contributed by atoms with E-state index in [0.717, 1.165) is 35.1 Å². The summed E-state index contributed by atoms with van der Waals surface area (Å²) in [4.78, 5) is 16.3. The van der Waals surface area contributed by atoms with Crippen molar-refractivity contribution in [3.8, 4) is 0 Å². The first kappa shape index (κ1) is 16.8. The highest BCUT2D eigenvalue weighted by atomic mass is 32.1. The van der Waals surface area contributed by atoms with E-state index in [2.05, 4.69) is 39.7 Å². The summed E-state index contributed by atoms with van der Waals surface area (Å²) in [7, 11) is 1.81. The Labute approximate surface area is 138 Å². The molecular weight excluding hydrogens is 318 g/mol. The van der Waals surface area contributed by atoms with Gasteiger partial charge in [0.1, 0.15) is 5.01 Å². The molecule has 6 nitrogen and oxygen atoms in total. The Balaban J connectivity index is 1.92. The lowest BCUT2D eigenvalue weighted by Crippen LogP contribution is -2.14. The fraction of sp³-hybridized carbons (Fsp3) is 0.571. The summed E-state index contributed by atoms with van der Waals surface area (Å²) in [6.07, 6.45) is 3.52. The Kier molecular flexibility index (Phi) is 6.26. The zero-order chi connectivity index (χ0) is 15.9. The molecule has 2 heterocycles. The second kappa shape index (κ2) is 8.19. The average Bonchev–Trinajstić information content (AvgIpc) is 3.14. The molecule has 8 heteroatoms. The van der Waals surface area contributed by atoms with Crippen molar-refractivity contribution in [1.29, 1.82) is 0 Å². The van der Waals surface area contributed by atoms with E-state index < -0.39 is 0 Å². The summed E-state index contributed by atoms with van der Waals surface area (Å²) in [5.74, 6) is 0.323. The molecule has 0 spiro atoms. The van der Waals surface area contributed by atoms with Gasteiger partial charge in [-0.05, 0) is 12.8 Å². The van der Waals surface area contributed by atoms with Crippen LogP contribution in [0.4, 0.5) is 10.3 Å². The van der Waals surface area contributed by atoms with Crippen molar-refractivity contribution in [2.75, 3.05) is 17.7 Å². The van der Waals surface area contributed by atoms with Crippen molar-refractivity contribution in [1.82, 2.24) is 15.2 Å². The van der Waals surface area contributed by atoms with Crippen LogP contribution in [0, 0.1) is 0 Å². The zero-order valence-electron chi connectivity index (χ0n) is 13.0. The number of carbonyl (C=O) groups is 1. The third-order valence-corrected chi connectivity index (χ3v) is 5.18. The fourth-order valence-corrected chi connectivity index (χ4v) is 3.78. The van der Waals surface area contributed by atoms with Gasteiger partial charge in [-0.1, -0.05) is 31.6 Å². The molecule has 2 aromatic heterocycles. The highest BCUT2D eigenvalue weighted by molar-refractivity contribution is 7.15. The molecule has 120 valence electrons. The molecule has 0 fully saturated rings. The molecule has 22 heavy (non-hydrogen) atoms. The largest absolute Gasteiger partial charge is 0.365 e. The average molecular weight is 339 g/mol. The maximum absolute atomic E-state index is 12.0. The van der Waals surface area contributed by atoms with E-state index in [0.29, 0.717) is 11.0 Å². The van der Waals surface area contributed by atoms with Crippen LogP contribution in [0.1, 0.15) is 49.7 Å². The van der Waals surface area contributed by atoms with E-state index in [4.69, 9.17) is 0 Å². The Bertz CT molecular complexity index is 610. The topological polar surface area (TPSA) is 79.8 Å². The number of rotatable bonds is 8. The molecule has 0 aliphatic carbocycles. The second-order valence-corrected chi connectivity index (χ2v) is 6.83. The Morgan fingerprint density at radius 3 is 2.77 bits per heavy atom. The molecular formula is C14H21N5OS2. The summed E-state index contributed by atoms with van der Waals surface area (Å²) in [6.45, 7) is 4.32. The number of aromatic nitrogens is 3. The van der Waals surface area contributed by atoms with E-state index in [1.807, 2.05) is 12.4 Å². The van der Waals surface area contributed by atoms with E-state index in [1.54, 1.807) is 0 Å². The molecule has 0 bridgehead atoms. The maximum Gasteiger partial charge on any atom is 0.232 e. The smallest absolute Gasteiger partial charge is 0.232 e. The van der Waals surface area contributed by atoms with Gasteiger partial charge < -0.3 is 10.6 Å². The van der Waals surface area contributed by atoms with E-state index in [1.165, 1.54) is 22.7 Å². The van der Waals surface area contributed by atoms with Crippen LogP contribution in [-0.2, 0) is 11.2 Å². The summed E-state index contributed by atoms with van der Waals surface area (Å²) in [6, 6.07) is 0. The SMILES string of the molecule is CCC[C@@H](CC)c1nnc(NC(=O)Cc2csc(NC)n2)s1. The molecule has 0 saturated heterocycles. The second-order valence-electron chi connectivity index (χ2n) is 4.96. The van der Waals surface area contributed by atoms with Crippen molar-refractivity contribution < 1.29 is 4.79 Å². The monoisotopic (exact) mass is 339 g/mol. The molecule has 0 radical (unpaired) electrons. The van der Waals surface area contributed by atoms with Crippen molar-refractivity contribution in [2.24, 2.45) is 0 Å². The maximum atomic E-state index is 12.0. The van der Waals surface area contributed by atoms with Gasteiger partial charge in [0.15, 0.2) is 5.13 Å². The lowest BCUT2D eigenvalue weighted by Gasteiger charge is -2.08. The van der Waals surface area contributed by atoms with Gasteiger partial charge in [0.25, 0.3) is 0 Å². The molecule has 0 saturated carbocycles. The van der Waals surface area contributed by atoms with Gasteiger partial charge in [-0.15, -0.1) is 21.5 Å². The minimum absolute atomic E-state index is 0.112. The van der Waals surface area contributed by atoms with Gasteiger partial charge in [-0.2, -0.15) is 0 Å². The van der Waals surface area contributed by atoms with Crippen LogP contribution >= 0.6 is 22.7 Å². The van der Waals surface area contributed by atoms with Crippen LogP contribution in [0.2, 0.25) is 0 Å². The zero-order valence-corrected chi connectivity index (χ0v) is 14.7. The predicted octanol–water partition coefficient (Wildman–Crippen LogP) is 3.51. The summed E-state index contributed by atoms with van der Waals surface area (Å²) >= 11 is 2.96. The van der Waals surface area contributed by atoms with Crippen LogP contribution in [0.15, 0.2) is 5.38 Å². The number of amides is 1. The Hall–Kier alpha value is -1.54. The standard InChI is InChI=1S/C14H21N5OS2/c1-4-6-9(5-2)12-18-19-14(22-12)17-11(20)7-10-8-21-13(15-3)16-10/h8-9H,4-7H2,1-3H3,(H,15,16)(H,17,19,20)/t9-/m1/s1. The molecule has 2 rings (SSSR count). The quantitative estimate of drug-likeness (QED) is 0.769. The van der Waals surface area contributed by atoms with E-state index >= 15 is 0 Å². The van der Waals surface area contributed by atoms with Crippen molar-refractivity contribution in [3.05, 3.63) is 16.1 Å². The molecule has 1 atom stereocenters. The number of anilines is 2. The van der Waals surface area contributed by atoms with Gasteiger partial charge in [0.05, 0.1) is 12.1 Å². The van der Waals surface area contributed by atoms with E-state index in [9.17, 15) is 4.79 Å². The number of nitrogens with one attached hydrogen (secondary N) is 2. The van der Waals surface area contributed by atoms with Gasteiger partial charge in [-0.3, -0.25) is 4.79 Å². The molecule has 0 aliphatic heterocycles. The van der Waals surface area contributed by atoms with Gasteiger partial charge in [0.2, 0.25) is 11.0 Å². The normalized spacial score (nSPS) is 12.1. The molecule has 0 aliphatic rings. The summed E-state index contributed by atoms with van der Waals surface area (Å²) < 4.78 is 0. The highest BCUT2D eigenvalue weighted by Gasteiger charge is 2.16. The van der Waals surface area contributed by atoms with Gasteiger partial charge >= 0.3 is 0 Å². The first-order valence-corrected chi connectivity index (χ1v) is 9.11.